The fraction of sp³-hybridized carbons (Fsp3) is 0.529. The van der Waals surface area contributed by atoms with Crippen LogP contribution in [0.25, 0.3) is 6.08 Å². The van der Waals surface area contributed by atoms with Gasteiger partial charge in [-0.1, -0.05) is 12.2 Å². The third-order valence-corrected chi connectivity index (χ3v) is 3.98. The number of hydrogen-bond donors (Lipinski definition) is 5. The number of methoxy groups -OCH3 is 2. The highest BCUT2D eigenvalue weighted by Crippen LogP contribution is 2.40. The third-order valence-electron chi connectivity index (χ3n) is 3.98. The van der Waals surface area contributed by atoms with E-state index < -0.39 is 37.3 Å². The summed E-state index contributed by atoms with van der Waals surface area (Å²) < 4.78 is 21.6. The summed E-state index contributed by atoms with van der Waals surface area (Å²) >= 11 is 0. The molecule has 0 saturated carbocycles. The number of rotatable bonds is 7. The molecule has 1 aromatic carbocycles. The van der Waals surface area contributed by atoms with E-state index in [1.165, 1.54) is 20.3 Å². The Morgan fingerprint density at radius 3 is 2.12 bits per heavy atom. The molecule has 9 nitrogen and oxygen atoms in total. The smallest absolute Gasteiger partial charge is 0.229 e. The fourth-order valence-electron chi connectivity index (χ4n) is 2.58. The van der Waals surface area contributed by atoms with Crippen molar-refractivity contribution < 1.29 is 44.5 Å². The maximum atomic E-state index is 10.1. The highest BCUT2D eigenvalue weighted by molar-refractivity contribution is 5.62. The first-order valence-electron chi connectivity index (χ1n) is 7.97. The Hall–Kier alpha value is -1.88. The van der Waals surface area contributed by atoms with Crippen LogP contribution < -0.4 is 14.2 Å². The zero-order valence-electron chi connectivity index (χ0n) is 14.5. The monoisotopic (exact) mass is 372 g/mol. The van der Waals surface area contributed by atoms with Crippen molar-refractivity contribution in [2.24, 2.45) is 0 Å². The van der Waals surface area contributed by atoms with Gasteiger partial charge in [0.15, 0.2) is 11.5 Å². The molecule has 9 heteroatoms. The lowest BCUT2D eigenvalue weighted by molar-refractivity contribution is -0.277. The Bertz CT molecular complexity index is 591. The Morgan fingerprint density at radius 1 is 1.00 bits per heavy atom. The highest BCUT2D eigenvalue weighted by atomic mass is 16.7. The molecular formula is C17H24O9. The van der Waals surface area contributed by atoms with Crippen LogP contribution in [0.1, 0.15) is 5.56 Å². The summed E-state index contributed by atoms with van der Waals surface area (Å²) in [5.41, 5.74) is 0.675. The topological polar surface area (TPSA) is 138 Å². The lowest BCUT2D eigenvalue weighted by atomic mass is 9.99. The molecule has 0 bridgehead atoms. The van der Waals surface area contributed by atoms with Gasteiger partial charge in [0.25, 0.3) is 0 Å². The van der Waals surface area contributed by atoms with Gasteiger partial charge >= 0.3 is 0 Å². The normalized spacial score (nSPS) is 29.0. The van der Waals surface area contributed by atoms with Gasteiger partial charge in [-0.2, -0.15) is 0 Å². The number of hydrogen-bond acceptors (Lipinski definition) is 9. The van der Waals surface area contributed by atoms with E-state index >= 15 is 0 Å². The Kier molecular flexibility index (Phi) is 7.21. The van der Waals surface area contributed by atoms with Gasteiger partial charge in [-0.05, 0) is 17.7 Å². The molecule has 0 unspecified atom stereocenters. The first-order valence-corrected chi connectivity index (χ1v) is 7.97. The first kappa shape index (κ1) is 20.4. The summed E-state index contributed by atoms with van der Waals surface area (Å²) in [4.78, 5) is 0. The van der Waals surface area contributed by atoms with Crippen LogP contribution in [0.15, 0.2) is 18.2 Å². The van der Waals surface area contributed by atoms with Crippen LogP contribution in [0.5, 0.6) is 17.2 Å². The van der Waals surface area contributed by atoms with Crippen molar-refractivity contribution in [1.82, 2.24) is 0 Å². The summed E-state index contributed by atoms with van der Waals surface area (Å²) in [7, 11) is 2.82. The van der Waals surface area contributed by atoms with Crippen molar-refractivity contribution in [2.75, 3.05) is 27.4 Å². The SMILES string of the molecule is COc1cc(/C=C/CO)cc(OC)c1O[C@H]1O[C@H](CO)[C@@H](O)[C@H](O)[C@H]1O. The molecule has 1 fully saturated rings. The molecule has 1 heterocycles. The van der Waals surface area contributed by atoms with Gasteiger partial charge in [-0.15, -0.1) is 0 Å². The molecule has 0 aliphatic carbocycles. The van der Waals surface area contributed by atoms with Gasteiger partial charge in [-0.3, -0.25) is 0 Å². The van der Waals surface area contributed by atoms with Gasteiger partial charge < -0.3 is 44.5 Å². The van der Waals surface area contributed by atoms with Crippen molar-refractivity contribution in [3.05, 3.63) is 23.8 Å². The Morgan fingerprint density at radius 2 is 1.62 bits per heavy atom. The average Bonchev–Trinajstić information content (AvgIpc) is 2.66. The van der Waals surface area contributed by atoms with E-state index in [2.05, 4.69) is 0 Å². The maximum Gasteiger partial charge on any atom is 0.229 e. The Balaban J connectivity index is 2.33. The van der Waals surface area contributed by atoms with Crippen molar-refractivity contribution in [2.45, 2.75) is 30.7 Å². The molecule has 5 atom stereocenters. The predicted octanol–water partition coefficient (Wildman–Crippen LogP) is -1.11. The summed E-state index contributed by atoms with van der Waals surface area (Å²) in [6.07, 6.45) is -3.88. The molecule has 146 valence electrons. The van der Waals surface area contributed by atoms with Crippen LogP contribution in [0.3, 0.4) is 0 Å². The second-order valence-corrected chi connectivity index (χ2v) is 5.65. The predicted molar refractivity (Wildman–Crippen MR) is 90.1 cm³/mol. The van der Waals surface area contributed by atoms with Crippen LogP contribution >= 0.6 is 0 Å². The standard InChI is InChI=1S/C17H24O9/c1-23-10-6-9(4-3-5-18)7-11(24-2)16(10)26-17-15(22)14(21)13(20)12(8-19)25-17/h3-4,6-7,12-15,17-22H,5,8H2,1-2H3/b4-3+/t12-,13-,14+,15-,17-/m1/s1. The van der Waals surface area contributed by atoms with Crippen LogP contribution in [0.4, 0.5) is 0 Å². The summed E-state index contributed by atoms with van der Waals surface area (Å²) in [6, 6.07) is 3.24. The fourth-order valence-corrected chi connectivity index (χ4v) is 2.58. The van der Waals surface area contributed by atoms with E-state index in [9.17, 15) is 20.4 Å². The van der Waals surface area contributed by atoms with E-state index in [1.54, 1.807) is 18.2 Å². The van der Waals surface area contributed by atoms with E-state index in [-0.39, 0.29) is 23.9 Å². The van der Waals surface area contributed by atoms with Crippen molar-refractivity contribution >= 4 is 6.08 Å². The number of ether oxygens (including phenoxy) is 4. The van der Waals surface area contributed by atoms with Crippen LogP contribution in [-0.2, 0) is 4.74 Å². The molecule has 0 spiro atoms. The minimum Gasteiger partial charge on any atom is -0.493 e. The van der Waals surface area contributed by atoms with E-state index in [0.717, 1.165) is 0 Å². The lowest BCUT2D eigenvalue weighted by Gasteiger charge is -2.39. The van der Waals surface area contributed by atoms with E-state index in [1.807, 2.05) is 0 Å². The van der Waals surface area contributed by atoms with Gasteiger partial charge in [0.2, 0.25) is 12.0 Å². The summed E-state index contributed by atoms with van der Waals surface area (Å²) in [6.45, 7) is -0.697. The number of aliphatic hydroxyl groups is 5. The van der Waals surface area contributed by atoms with Crippen molar-refractivity contribution in [1.29, 1.82) is 0 Å². The minimum atomic E-state index is -1.56. The zero-order chi connectivity index (χ0) is 19.3. The second-order valence-electron chi connectivity index (χ2n) is 5.65. The number of aliphatic hydroxyl groups excluding tert-OH is 5. The highest BCUT2D eigenvalue weighted by Gasteiger charge is 2.45. The third kappa shape index (κ3) is 4.26. The zero-order valence-corrected chi connectivity index (χ0v) is 14.5. The molecule has 1 saturated heterocycles. The molecular weight excluding hydrogens is 348 g/mol. The van der Waals surface area contributed by atoms with Gasteiger partial charge in [0, 0.05) is 0 Å². The second kappa shape index (κ2) is 9.17. The lowest BCUT2D eigenvalue weighted by Crippen LogP contribution is -2.60. The number of benzene rings is 1. The summed E-state index contributed by atoms with van der Waals surface area (Å²) in [5, 5.41) is 48.0. The molecule has 0 radical (unpaired) electrons. The van der Waals surface area contributed by atoms with Gasteiger partial charge in [0.05, 0.1) is 27.4 Å². The van der Waals surface area contributed by atoms with Crippen LogP contribution in [0.2, 0.25) is 0 Å². The molecule has 1 aliphatic heterocycles. The van der Waals surface area contributed by atoms with Crippen LogP contribution in [-0.4, -0.2) is 83.7 Å². The molecule has 5 N–H and O–H groups in total. The van der Waals surface area contributed by atoms with Gasteiger partial charge in [-0.25, -0.2) is 0 Å². The van der Waals surface area contributed by atoms with Gasteiger partial charge in [0.1, 0.15) is 24.4 Å². The molecule has 1 aliphatic rings. The molecule has 26 heavy (non-hydrogen) atoms. The van der Waals surface area contributed by atoms with Crippen molar-refractivity contribution in [3.63, 3.8) is 0 Å². The quantitative estimate of drug-likeness (QED) is 0.403. The van der Waals surface area contributed by atoms with Crippen molar-refractivity contribution in [3.8, 4) is 17.2 Å². The van der Waals surface area contributed by atoms with E-state index in [4.69, 9.17) is 24.1 Å². The van der Waals surface area contributed by atoms with E-state index in [0.29, 0.717) is 5.56 Å². The Labute approximate surface area is 150 Å². The first-order chi connectivity index (χ1) is 12.5. The van der Waals surface area contributed by atoms with Crippen LogP contribution in [0, 0.1) is 0 Å². The molecule has 0 aromatic heterocycles. The average molecular weight is 372 g/mol. The molecule has 0 amide bonds. The maximum absolute atomic E-state index is 10.1. The minimum absolute atomic E-state index is 0.112. The molecule has 1 aromatic rings. The molecule has 2 rings (SSSR count). The largest absolute Gasteiger partial charge is 0.493 e. The summed E-state index contributed by atoms with van der Waals surface area (Å²) in [5.74, 6) is 0.637.